The quantitative estimate of drug-likeness (QED) is 0.832. The van der Waals surface area contributed by atoms with Gasteiger partial charge in [-0.2, -0.15) is 0 Å². The summed E-state index contributed by atoms with van der Waals surface area (Å²) in [6, 6.07) is 8.98. The first-order valence-corrected chi connectivity index (χ1v) is 7.18. The molecule has 3 unspecified atom stereocenters. The molecule has 2 rings (SSSR count). The van der Waals surface area contributed by atoms with Gasteiger partial charge in [0.2, 0.25) is 0 Å². The van der Waals surface area contributed by atoms with Gasteiger partial charge >= 0.3 is 0 Å². The van der Waals surface area contributed by atoms with Crippen LogP contribution in [-0.4, -0.2) is 18.7 Å². The molecule has 0 amide bonds. The van der Waals surface area contributed by atoms with Gasteiger partial charge in [-0.25, -0.2) is 0 Å². The number of hydrogen-bond donors (Lipinski definition) is 1. The van der Waals surface area contributed by atoms with Crippen molar-refractivity contribution in [1.82, 2.24) is 5.32 Å². The standard InChI is InChI=1S/C16H25NO/c1-4-9-17-13(3)12(2)10-15-11-14-7-5-6-8-16(14)18-15/h5-8,12-13,15,17H,4,9-11H2,1-3H3. The van der Waals surface area contributed by atoms with E-state index in [4.69, 9.17) is 4.74 Å². The molecule has 0 fully saturated rings. The van der Waals surface area contributed by atoms with Crippen LogP contribution in [0.2, 0.25) is 0 Å². The van der Waals surface area contributed by atoms with Crippen molar-refractivity contribution in [3.63, 3.8) is 0 Å². The summed E-state index contributed by atoms with van der Waals surface area (Å²) in [4.78, 5) is 0. The lowest BCUT2D eigenvalue weighted by Gasteiger charge is -2.23. The molecular weight excluding hydrogens is 222 g/mol. The molecule has 0 saturated carbocycles. The minimum atomic E-state index is 0.364. The summed E-state index contributed by atoms with van der Waals surface area (Å²) >= 11 is 0. The Kier molecular flexibility index (Phi) is 4.65. The van der Waals surface area contributed by atoms with E-state index in [1.54, 1.807) is 0 Å². The topological polar surface area (TPSA) is 21.3 Å². The highest BCUT2D eigenvalue weighted by Gasteiger charge is 2.25. The van der Waals surface area contributed by atoms with Crippen molar-refractivity contribution in [3.8, 4) is 5.75 Å². The summed E-state index contributed by atoms with van der Waals surface area (Å²) in [6.45, 7) is 7.92. The van der Waals surface area contributed by atoms with E-state index in [1.807, 2.05) is 0 Å². The Bertz CT molecular complexity index is 352. The molecule has 18 heavy (non-hydrogen) atoms. The van der Waals surface area contributed by atoms with Gasteiger partial charge in [0.15, 0.2) is 0 Å². The second-order valence-electron chi connectivity index (χ2n) is 5.51. The van der Waals surface area contributed by atoms with Crippen molar-refractivity contribution in [3.05, 3.63) is 29.8 Å². The molecule has 2 heteroatoms. The molecule has 0 radical (unpaired) electrons. The fraction of sp³-hybridized carbons (Fsp3) is 0.625. The van der Waals surface area contributed by atoms with Gasteiger partial charge in [-0.1, -0.05) is 32.0 Å². The lowest BCUT2D eigenvalue weighted by molar-refractivity contribution is 0.184. The van der Waals surface area contributed by atoms with Crippen molar-refractivity contribution in [2.24, 2.45) is 5.92 Å². The van der Waals surface area contributed by atoms with Crippen LogP contribution >= 0.6 is 0 Å². The van der Waals surface area contributed by atoms with Gasteiger partial charge in [0, 0.05) is 12.5 Å². The first kappa shape index (κ1) is 13.4. The van der Waals surface area contributed by atoms with Gasteiger partial charge in [-0.05, 0) is 43.9 Å². The maximum Gasteiger partial charge on any atom is 0.123 e. The SMILES string of the molecule is CCCNC(C)C(C)CC1Cc2ccccc2O1. The Morgan fingerprint density at radius 1 is 1.33 bits per heavy atom. The lowest BCUT2D eigenvalue weighted by atomic mass is 9.94. The molecule has 1 aliphatic heterocycles. The van der Waals surface area contributed by atoms with Crippen molar-refractivity contribution < 1.29 is 4.74 Å². The number of rotatable bonds is 6. The zero-order valence-corrected chi connectivity index (χ0v) is 11.8. The molecule has 100 valence electrons. The van der Waals surface area contributed by atoms with E-state index >= 15 is 0 Å². The molecule has 0 bridgehead atoms. The predicted molar refractivity (Wildman–Crippen MR) is 76.1 cm³/mol. The third-order valence-corrected chi connectivity index (χ3v) is 3.92. The predicted octanol–water partition coefficient (Wildman–Crippen LogP) is 3.40. The van der Waals surface area contributed by atoms with E-state index < -0.39 is 0 Å². The molecule has 1 heterocycles. The summed E-state index contributed by atoms with van der Waals surface area (Å²) in [5, 5.41) is 3.57. The van der Waals surface area contributed by atoms with E-state index in [9.17, 15) is 0 Å². The van der Waals surface area contributed by atoms with Crippen LogP contribution in [-0.2, 0) is 6.42 Å². The summed E-state index contributed by atoms with van der Waals surface area (Å²) in [6.07, 6.45) is 3.76. The van der Waals surface area contributed by atoms with Crippen LogP contribution in [0.5, 0.6) is 5.75 Å². The number of hydrogen-bond acceptors (Lipinski definition) is 2. The van der Waals surface area contributed by atoms with Gasteiger partial charge in [0.05, 0.1) is 0 Å². The number of ether oxygens (including phenoxy) is 1. The maximum absolute atomic E-state index is 6.00. The largest absolute Gasteiger partial charge is 0.490 e. The lowest BCUT2D eigenvalue weighted by Crippen LogP contribution is -2.35. The van der Waals surface area contributed by atoms with Gasteiger partial charge in [-0.3, -0.25) is 0 Å². The Morgan fingerprint density at radius 2 is 2.11 bits per heavy atom. The molecule has 1 aromatic carbocycles. The Labute approximate surface area is 111 Å². The van der Waals surface area contributed by atoms with Crippen LogP contribution in [0.4, 0.5) is 0 Å². The maximum atomic E-state index is 6.00. The highest BCUT2D eigenvalue weighted by Crippen LogP contribution is 2.31. The minimum Gasteiger partial charge on any atom is -0.490 e. The Hall–Kier alpha value is -1.02. The fourth-order valence-corrected chi connectivity index (χ4v) is 2.58. The zero-order valence-electron chi connectivity index (χ0n) is 11.8. The van der Waals surface area contributed by atoms with Gasteiger partial charge in [0.1, 0.15) is 11.9 Å². The van der Waals surface area contributed by atoms with Gasteiger partial charge in [-0.15, -0.1) is 0 Å². The highest BCUT2D eigenvalue weighted by molar-refractivity contribution is 5.37. The second-order valence-corrected chi connectivity index (χ2v) is 5.51. The van der Waals surface area contributed by atoms with E-state index in [0.717, 1.165) is 25.1 Å². The summed E-state index contributed by atoms with van der Waals surface area (Å²) < 4.78 is 6.00. The van der Waals surface area contributed by atoms with Crippen molar-refractivity contribution in [2.45, 2.75) is 52.2 Å². The van der Waals surface area contributed by atoms with Crippen LogP contribution in [0.3, 0.4) is 0 Å². The van der Waals surface area contributed by atoms with Crippen LogP contribution in [0.25, 0.3) is 0 Å². The van der Waals surface area contributed by atoms with Gasteiger partial charge in [0.25, 0.3) is 0 Å². The zero-order chi connectivity index (χ0) is 13.0. The minimum absolute atomic E-state index is 0.364. The molecule has 0 spiro atoms. The monoisotopic (exact) mass is 247 g/mol. The van der Waals surface area contributed by atoms with E-state index in [-0.39, 0.29) is 0 Å². The van der Waals surface area contributed by atoms with E-state index in [1.165, 1.54) is 12.0 Å². The van der Waals surface area contributed by atoms with Crippen LogP contribution < -0.4 is 10.1 Å². The van der Waals surface area contributed by atoms with Crippen LogP contribution in [0.15, 0.2) is 24.3 Å². The number of benzene rings is 1. The molecular formula is C16H25NO. The molecule has 0 aromatic heterocycles. The number of fused-ring (bicyclic) bond motifs is 1. The van der Waals surface area contributed by atoms with Crippen molar-refractivity contribution >= 4 is 0 Å². The molecule has 0 saturated heterocycles. The highest BCUT2D eigenvalue weighted by atomic mass is 16.5. The normalized spacial score (nSPS) is 21.2. The third-order valence-electron chi connectivity index (χ3n) is 3.92. The molecule has 2 nitrogen and oxygen atoms in total. The third kappa shape index (κ3) is 3.26. The molecule has 1 aliphatic rings. The molecule has 1 N–H and O–H groups in total. The average Bonchev–Trinajstić information content (AvgIpc) is 2.77. The van der Waals surface area contributed by atoms with Crippen molar-refractivity contribution in [2.75, 3.05) is 6.54 Å². The van der Waals surface area contributed by atoms with Crippen LogP contribution in [0, 0.1) is 5.92 Å². The molecule has 3 atom stereocenters. The fourth-order valence-electron chi connectivity index (χ4n) is 2.58. The van der Waals surface area contributed by atoms with E-state index in [0.29, 0.717) is 18.1 Å². The molecule has 1 aromatic rings. The smallest absolute Gasteiger partial charge is 0.123 e. The first-order chi connectivity index (χ1) is 8.70. The van der Waals surface area contributed by atoms with E-state index in [2.05, 4.69) is 50.4 Å². The van der Waals surface area contributed by atoms with Crippen molar-refractivity contribution in [1.29, 1.82) is 0 Å². The Balaban J connectivity index is 1.82. The molecule has 0 aliphatic carbocycles. The second kappa shape index (κ2) is 6.24. The number of nitrogens with one attached hydrogen (secondary N) is 1. The Morgan fingerprint density at radius 3 is 2.83 bits per heavy atom. The summed E-state index contributed by atoms with van der Waals surface area (Å²) in [5.41, 5.74) is 1.36. The van der Waals surface area contributed by atoms with Gasteiger partial charge < -0.3 is 10.1 Å². The van der Waals surface area contributed by atoms with Crippen LogP contribution in [0.1, 0.15) is 39.2 Å². The summed E-state index contributed by atoms with van der Waals surface area (Å²) in [7, 11) is 0. The average molecular weight is 247 g/mol. The summed E-state index contributed by atoms with van der Waals surface area (Å²) in [5.74, 6) is 1.74. The first-order valence-electron chi connectivity index (χ1n) is 7.18. The number of para-hydroxylation sites is 1.